The van der Waals surface area contributed by atoms with Crippen LogP contribution < -0.4 is 0 Å². The summed E-state index contributed by atoms with van der Waals surface area (Å²) in [7, 11) is 1.97. The van der Waals surface area contributed by atoms with Crippen LogP contribution in [0.3, 0.4) is 0 Å². The molecule has 0 unspecified atom stereocenters. The van der Waals surface area contributed by atoms with Crippen molar-refractivity contribution in [3.63, 3.8) is 0 Å². The number of piperidine rings is 1. The van der Waals surface area contributed by atoms with Gasteiger partial charge in [0, 0.05) is 37.4 Å². The third-order valence-corrected chi connectivity index (χ3v) is 5.10. The highest BCUT2D eigenvalue weighted by Crippen LogP contribution is 2.29. The summed E-state index contributed by atoms with van der Waals surface area (Å²) in [5.74, 6) is 0.135. The molecule has 1 amide bonds. The highest BCUT2D eigenvalue weighted by molar-refractivity contribution is 5.95. The highest BCUT2D eigenvalue weighted by Gasteiger charge is 2.32. The van der Waals surface area contributed by atoms with E-state index in [2.05, 4.69) is 12.1 Å². The Morgan fingerprint density at radius 1 is 1.22 bits per heavy atom. The number of likely N-dealkylation sites (tertiary alicyclic amines) is 1. The molecule has 2 heterocycles. The van der Waals surface area contributed by atoms with E-state index >= 15 is 0 Å². The van der Waals surface area contributed by atoms with Gasteiger partial charge in [0.15, 0.2) is 0 Å². The Morgan fingerprint density at radius 2 is 1.91 bits per heavy atom. The van der Waals surface area contributed by atoms with Crippen LogP contribution in [-0.4, -0.2) is 39.7 Å². The molecular formula is C19H24N2O2. The molecule has 0 saturated carbocycles. The van der Waals surface area contributed by atoms with Crippen molar-refractivity contribution in [1.82, 2.24) is 9.47 Å². The van der Waals surface area contributed by atoms with E-state index in [0.29, 0.717) is 13.1 Å². The van der Waals surface area contributed by atoms with Crippen molar-refractivity contribution in [2.24, 2.45) is 7.05 Å². The molecule has 1 aromatic heterocycles. The molecule has 0 bridgehead atoms. The maximum atomic E-state index is 12.8. The van der Waals surface area contributed by atoms with E-state index < -0.39 is 6.10 Å². The predicted octanol–water partition coefficient (Wildman–Crippen LogP) is 2.63. The SMILES string of the molecule is Cc1cc(C(=O)N2CC[C@@H](c3ccccc3)[C@H](O)C2)c(C)n1C. The van der Waals surface area contributed by atoms with Crippen molar-refractivity contribution in [3.8, 4) is 0 Å². The molecule has 4 nitrogen and oxygen atoms in total. The fraction of sp³-hybridized carbons (Fsp3) is 0.421. The highest BCUT2D eigenvalue weighted by atomic mass is 16.3. The number of hydrogen-bond acceptors (Lipinski definition) is 2. The molecule has 2 aromatic rings. The Morgan fingerprint density at radius 3 is 2.48 bits per heavy atom. The topological polar surface area (TPSA) is 45.5 Å². The quantitative estimate of drug-likeness (QED) is 0.926. The Balaban J connectivity index is 1.75. The number of benzene rings is 1. The largest absolute Gasteiger partial charge is 0.391 e. The average molecular weight is 312 g/mol. The number of rotatable bonds is 2. The second-order valence-corrected chi connectivity index (χ2v) is 6.47. The minimum Gasteiger partial charge on any atom is -0.391 e. The number of β-amino-alcohol motifs (C(OH)–C–C–N with tert-alkyl or cyclic N) is 1. The van der Waals surface area contributed by atoms with E-state index in [1.807, 2.05) is 49.7 Å². The van der Waals surface area contributed by atoms with E-state index in [4.69, 9.17) is 0 Å². The third kappa shape index (κ3) is 2.91. The molecule has 1 fully saturated rings. The van der Waals surface area contributed by atoms with Gasteiger partial charge in [-0.2, -0.15) is 0 Å². The van der Waals surface area contributed by atoms with Crippen LogP contribution in [0.25, 0.3) is 0 Å². The first-order valence-corrected chi connectivity index (χ1v) is 8.14. The summed E-state index contributed by atoms with van der Waals surface area (Å²) in [5.41, 5.74) is 3.95. The Bertz CT molecular complexity index is 706. The Hall–Kier alpha value is -2.07. The van der Waals surface area contributed by atoms with Crippen molar-refractivity contribution in [2.45, 2.75) is 32.3 Å². The summed E-state index contributed by atoms with van der Waals surface area (Å²) in [5, 5.41) is 10.5. The van der Waals surface area contributed by atoms with Crippen LogP contribution in [0.2, 0.25) is 0 Å². The van der Waals surface area contributed by atoms with Crippen LogP contribution in [0.5, 0.6) is 0 Å². The first-order chi connectivity index (χ1) is 11.0. The Kier molecular flexibility index (Phi) is 4.26. The van der Waals surface area contributed by atoms with Crippen LogP contribution in [-0.2, 0) is 7.05 Å². The van der Waals surface area contributed by atoms with E-state index in [9.17, 15) is 9.90 Å². The third-order valence-electron chi connectivity index (χ3n) is 5.10. The molecule has 122 valence electrons. The van der Waals surface area contributed by atoms with Crippen LogP contribution in [0.4, 0.5) is 0 Å². The summed E-state index contributed by atoms with van der Waals surface area (Å²) in [6.45, 7) is 5.04. The molecule has 4 heteroatoms. The van der Waals surface area contributed by atoms with Gasteiger partial charge in [-0.3, -0.25) is 4.79 Å². The number of amides is 1. The van der Waals surface area contributed by atoms with E-state index in [0.717, 1.165) is 28.9 Å². The molecule has 1 N–H and O–H groups in total. The summed E-state index contributed by atoms with van der Waals surface area (Å²) in [6.07, 6.45) is 0.280. The molecule has 1 aliphatic rings. The van der Waals surface area contributed by atoms with Crippen LogP contribution in [0.1, 0.15) is 39.6 Å². The lowest BCUT2D eigenvalue weighted by atomic mass is 9.87. The minimum atomic E-state index is -0.514. The smallest absolute Gasteiger partial charge is 0.255 e. The molecule has 3 rings (SSSR count). The maximum absolute atomic E-state index is 12.8. The second kappa shape index (κ2) is 6.20. The lowest BCUT2D eigenvalue weighted by Crippen LogP contribution is -2.45. The molecule has 1 saturated heterocycles. The van der Waals surface area contributed by atoms with Crippen molar-refractivity contribution >= 4 is 5.91 Å². The van der Waals surface area contributed by atoms with Gasteiger partial charge in [-0.05, 0) is 31.9 Å². The second-order valence-electron chi connectivity index (χ2n) is 6.47. The number of carbonyl (C=O) groups is 1. The summed E-state index contributed by atoms with van der Waals surface area (Å²) >= 11 is 0. The fourth-order valence-electron chi connectivity index (χ4n) is 3.45. The monoisotopic (exact) mass is 312 g/mol. The summed E-state index contributed by atoms with van der Waals surface area (Å²) in [6, 6.07) is 12.0. The van der Waals surface area contributed by atoms with Gasteiger partial charge in [0.05, 0.1) is 11.7 Å². The van der Waals surface area contributed by atoms with Crippen molar-refractivity contribution in [3.05, 3.63) is 58.9 Å². The van der Waals surface area contributed by atoms with Gasteiger partial charge in [0.25, 0.3) is 5.91 Å². The van der Waals surface area contributed by atoms with Gasteiger partial charge >= 0.3 is 0 Å². The van der Waals surface area contributed by atoms with Crippen molar-refractivity contribution in [1.29, 1.82) is 0 Å². The first kappa shape index (κ1) is 15.8. The number of carbonyl (C=O) groups excluding carboxylic acids is 1. The van der Waals surface area contributed by atoms with Crippen LogP contribution in [0.15, 0.2) is 36.4 Å². The number of nitrogens with zero attached hydrogens (tertiary/aromatic N) is 2. The number of aryl methyl sites for hydroxylation is 1. The summed E-state index contributed by atoms with van der Waals surface area (Å²) < 4.78 is 2.03. The van der Waals surface area contributed by atoms with E-state index in [1.54, 1.807) is 4.90 Å². The van der Waals surface area contributed by atoms with Gasteiger partial charge in [0.1, 0.15) is 0 Å². The maximum Gasteiger partial charge on any atom is 0.255 e. The van der Waals surface area contributed by atoms with Crippen LogP contribution in [0, 0.1) is 13.8 Å². The van der Waals surface area contributed by atoms with Gasteiger partial charge in [-0.15, -0.1) is 0 Å². The zero-order valence-corrected chi connectivity index (χ0v) is 14.0. The predicted molar refractivity (Wildman–Crippen MR) is 90.6 cm³/mol. The number of aliphatic hydroxyl groups is 1. The average Bonchev–Trinajstić information content (AvgIpc) is 2.82. The normalized spacial score (nSPS) is 21.5. The molecular weight excluding hydrogens is 288 g/mol. The molecule has 1 aliphatic heterocycles. The molecule has 23 heavy (non-hydrogen) atoms. The minimum absolute atomic E-state index is 0.0248. The number of aliphatic hydroxyl groups excluding tert-OH is 1. The summed E-state index contributed by atoms with van der Waals surface area (Å²) in [4.78, 5) is 14.6. The van der Waals surface area contributed by atoms with Crippen molar-refractivity contribution in [2.75, 3.05) is 13.1 Å². The molecule has 0 spiro atoms. The van der Waals surface area contributed by atoms with Gasteiger partial charge in [-0.1, -0.05) is 30.3 Å². The first-order valence-electron chi connectivity index (χ1n) is 8.14. The molecule has 0 aliphatic carbocycles. The fourth-order valence-corrected chi connectivity index (χ4v) is 3.45. The standard InChI is InChI=1S/C19H24N2O2/c1-13-11-17(14(2)20(13)3)19(23)21-10-9-16(18(22)12-21)15-7-5-4-6-8-15/h4-8,11,16,18,22H,9-10,12H2,1-3H3/t16-,18+/m0/s1. The molecule has 1 aromatic carbocycles. The number of aromatic nitrogens is 1. The molecule has 2 atom stereocenters. The van der Waals surface area contributed by atoms with Gasteiger partial charge in [-0.25, -0.2) is 0 Å². The zero-order valence-electron chi connectivity index (χ0n) is 14.0. The lowest BCUT2D eigenvalue weighted by molar-refractivity contribution is 0.0381. The van der Waals surface area contributed by atoms with Gasteiger partial charge < -0.3 is 14.6 Å². The van der Waals surface area contributed by atoms with Crippen molar-refractivity contribution < 1.29 is 9.90 Å². The van der Waals surface area contributed by atoms with Crippen LogP contribution >= 0.6 is 0 Å². The lowest BCUT2D eigenvalue weighted by Gasteiger charge is -2.36. The van der Waals surface area contributed by atoms with E-state index in [1.165, 1.54) is 0 Å². The number of hydrogen-bond donors (Lipinski definition) is 1. The van der Waals surface area contributed by atoms with Gasteiger partial charge in [0.2, 0.25) is 0 Å². The van der Waals surface area contributed by atoms with E-state index in [-0.39, 0.29) is 11.8 Å². The Labute approximate surface area is 137 Å². The zero-order chi connectivity index (χ0) is 16.6. The molecule has 0 radical (unpaired) electrons.